The zero-order chi connectivity index (χ0) is 80.8. The minimum absolute atomic E-state index is 0. The first kappa shape index (κ1) is 95.4. The zero-order valence-electron chi connectivity index (χ0n) is 73.3. The molecule has 0 radical (unpaired) electrons. The van der Waals surface area contributed by atoms with Gasteiger partial charge in [0, 0.05) is 22.8 Å². The predicted octanol–water partition coefficient (Wildman–Crippen LogP) is 22.2. The minimum Gasteiger partial charge on any atom is -0.661 e. The number of esters is 4. The van der Waals surface area contributed by atoms with Gasteiger partial charge in [-0.05, 0) is 220 Å². The van der Waals surface area contributed by atoms with Gasteiger partial charge < -0.3 is 38.9 Å². The summed E-state index contributed by atoms with van der Waals surface area (Å²) >= 11 is 0. The van der Waals surface area contributed by atoms with Crippen LogP contribution in [0.1, 0.15) is 342 Å². The fourth-order valence-corrected chi connectivity index (χ4v) is 15.5. The normalized spacial score (nSPS) is 16.8. The maximum absolute atomic E-state index is 12.9. The molecule has 8 heterocycles. The molecule has 18 heteroatoms. The molecule has 8 rings (SSSR count). The third-order valence-electron chi connectivity index (χ3n) is 22.8. The van der Waals surface area contributed by atoms with Gasteiger partial charge in [0.2, 0.25) is 0 Å². The van der Waals surface area contributed by atoms with Gasteiger partial charge in [-0.25, -0.2) is 0 Å². The number of carbonyl (C=O) groups excluding carboxylic acids is 4. The summed E-state index contributed by atoms with van der Waals surface area (Å²) in [5.74, 6) is -0.787. The first-order valence-electron chi connectivity index (χ1n) is 41.5. The number of hydrogen-bond donors (Lipinski definition) is 0. The van der Waals surface area contributed by atoms with E-state index in [-0.39, 0.29) is 113 Å². The van der Waals surface area contributed by atoms with Crippen LogP contribution in [0.3, 0.4) is 0 Å². The molecule has 4 aliphatic rings. The third-order valence-corrected chi connectivity index (χ3v) is 22.8. The van der Waals surface area contributed by atoms with Gasteiger partial charge in [0.15, 0.2) is 0 Å². The van der Waals surface area contributed by atoms with Crippen LogP contribution >= 0.6 is 0 Å². The van der Waals surface area contributed by atoms with Gasteiger partial charge in [-0.15, -0.1) is 22.8 Å². The van der Waals surface area contributed by atoms with Crippen LogP contribution in [-0.2, 0) is 103 Å². The quantitative estimate of drug-likeness (QED) is 0.0176. The number of nitrogens with zero attached hydrogens (tertiary/aromatic N) is 8. The molecule has 0 fully saturated rings. The first-order valence-corrected chi connectivity index (χ1v) is 41.5. The minimum atomic E-state index is -0.197. The predicted molar refractivity (Wildman–Crippen MR) is 453 cm³/mol. The fraction of sp³-hybridized carbons (Fsp3) is 0.574. The molecule has 16 nitrogen and oxygen atoms in total. The molecule has 112 heavy (non-hydrogen) atoms. The van der Waals surface area contributed by atoms with Gasteiger partial charge in [0.05, 0.1) is 72.9 Å². The molecule has 0 saturated heterocycles. The van der Waals surface area contributed by atoms with Crippen LogP contribution in [-0.4, -0.2) is 71.1 Å². The third kappa shape index (κ3) is 26.4. The van der Waals surface area contributed by atoms with E-state index in [2.05, 4.69) is 107 Å². The number of unbranched alkanes of at least 4 members (excludes halogenated alkanes) is 12. The number of rotatable bonds is 40. The topological polar surface area (TPSA) is 211 Å². The van der Waals surface area contributed by atoms with Crippen LogP contribution in [0.15, 0.2) is 87.3 Å². The molecular weight excluding hydrogens is 1500 g/mol. The van der Waals surface area contributed by atoms with E-state index in [9.17, 15) is 19.2 Å². The van der Waals surface area contributed by atoms with Crippen LogP contribution in [0.2, 0.25) is 0 Å². The Hall–Kier alpha value is -7.15. The van der Waals surface area contributed by atoms with E-state index in [1.807, 2.05) is 83.1 Å². The molecular formula is C94H132N8O8Zn2. The molecule has 0 amide bonds. The average Bonchev–Trinajstić information content (AvgIpc) is 1.63. The molecule has 0 bridgehead atoms. The van der Waals surface area contributed by atoms with Crippen LogP contribution in [0.5, 0.6) is 0 Å². The standard InChI is InChI=1S/2C47H66N4O4.2Zn/c2*1-13-15-17-19-21-28(3)54-46(52)24-40-32(7)44(50-36(40)11)26-42-30(5)38(34(9)48-42)23-39-31(6)43(49-35(39)10)27-45-33(8)41(37(12)51-45)25-47(53)55-29(4)22-20-18-16-14-2;;/h2*26-29H,13-25H2,1-12H3;;/q2*-2;2*+2/t2*28-,29-;;/m11../s1. The Bertz CT molecular complexity index is 4100. The monoisotopic (exact) mass is 1630 g/mol. The van der Waals surface area contributed by atoms with Gasteiger partial charge in [-0.3, -0.25) is 39.1 Å². The summed E-state index contributed by atoms with van der Waals surface area (Å²) in [5, 5.41) is 0. The van der Waals surface area contributed by atoms with Crippen molar-refractivity contribution in [1.82, 2.24) is 19.9 Å². The number of allylic oxidation sites excluding steroid dienone is 6. The molecule has 4 aromatic heterocycles. The molecule has 0 aromatic carbocycles. The summed E-state index contributed by atoms with van der Waals surface area (Å²) in [6.07, 6.45) is 32.5. The van der Waals surface area contributed by atoms with E-state index < -0.39 is 0 Å². The summed E-state index contributed by atoms with van der Waals surface area (Å²) in [5.41, 5.74) is 31.3. The van der Waals surface area contributed by atoms with E-state index >= 15 is 0 Å². The summed E-state index contributed by atoms with van der Waals surface area (Å²) in [6.45, 7) is 49.5. The molecule has 0 N–H and O–H groups in total. The Morgan fingerprint density at radius 3 is 0.768 bits per heavy atom. The van der Waals surface area contributed by atoms with E-state index in [1.165, 1.54) is 99.3 Å². The summed E-state index contributed by atoms with van der Waals surface area (Å²) in [6, 6.07) is 0. The molecule has 4 aromatic rings. The molecule has 0 unspecified atom stereocenters. The first-order chi connectivity index (χ1) is 52.3. The summed E-state index contributed by atoms with van der Waals surface area (Å²) in [4.78, 5) is 90.8. The SMILES string of the molecule is CCCCCC[C@@H](C)OC(=O)CC1=C(C)/C(=C/c2[n-]c(C)c(CC3=C(C)/C(=C/c4[n-]c(C)c(CC(=O)O[C@H](C)CCCCCC)c4C)N=C3C)c2C)N=C1C.CCCCCC[C@@H](C)OC(=O)CC1=C(C)/C(=C/c2[n-]c(C)c(CC3=C(C)/C(=C/c4[n-]c(C)c(CC(=O)O[C@H](C)CCCCCC)c4C)N=C3C)c2C)N=C1C.[Zn+2].[Zn+2]. The van der Waals surface area contributed by atoms with Gasteiger partial charge in [0.25, 0.3) is 0 Å². The molecule has 600 valence electrons. The molecule has 0 spiro atoms. The van der Waals surface area contributed by atoms with Crippen LogP contribution in [0.4, 0.5) is 0 Å². The van der Waals surface area contributed by atoms with Crippen molar-refractivity contribution in [1.29, 1.82) is 0 Å². The Kier molecular flexibility index (Phi) is 39.0. The Morgan fingerprint density at radius 2 is 0.518 bits per heavy atom. The Balaban J connectivity index is 0.000000393. The van der Waals surface area contributed by atoms with Crippen molar-refractivity contribution in [2.24, 2.45) is 20.0 Å². The van der Waals surface area contributed by atoms with Crippen molar-refractivity contribution in [3.05, 3.63) is 157 Å². The molecule has 4 atom stereocenters. The van der Waals surface area contributed by atoms with Crippen molar-refractivity contribution in [2.75, 3.05) is 0 Å². The van der Waals surface area contributed by atoms with Crippen molar-refractivity contribution in [3.8, 4) is 0 Å². The van der Waals surface area contributed by atoms with Crippen molar-refractivity contribution < 1.29 is 77.1 Å². The van der Waals surface area contributed by atoms with Crippen LogP contribution < -0.4 is 19.9 Å². The maximum atomic E-state index is 12.9. The number of aryl methyl sites for hydroxylation is 4. The van der Waals surface area contributed by atoms with Gasteiger partial charge in [-0.2, -0.15) is 22.8 Å². The largest absolute Gasteiger partial charge is 2.00 e. The van der Waals surface area contributed by atoms with E-state index in [0.29, 0.717) is 0 Å². The van der Waals surface area contributed by atoms with Gasteiger partial charge in [-0.1, -0.05) is 201 Å². The molecule has 0 saturated carbocycles. The van der Waals surface area contributed by atoms with Gasteiger partial charge >= 0.3 is 62.8 Å². The number of aromatic nitrogens is 4. The van der Waals surface area contributed by atoms with Crippen LogP contribution in [0, 0.1) is 55.4 Å². The second-order valence-corrected chi connectivity index (χ2v) is 31.7. The smallest absolute Gasteiger partial charge is 0.661 e. The molecule has 0 aliphatic carbocycles. The van der Waals surface area contributed by atoms with E-state index in [1.54, 1.807) is 0 Å². The Labute approximate surface area is 698 Å². The molecule has 4 aliphatic heterocycles. The van der Waals surface area contributed by atoms with E-state index in [4.69, 9.17) is 58.9 Å². The van der Waals surface area contributed by atoms with E-state index in [0.717, 1.165) is 222 Å². The van der Waals surface area contributed by atoms with Crippen LogP contribution in [0.25, 0.3) is 24.3 Å². The second kappa shape index (κ2) is 45.8. The number of hydrogen-bond acceptors (Lipinski definition) is 12. The fourth-order valence-electron chi connectivity index (χ4n) is 15.5. The summed E-state index contributed by atoms with van der Waals surface area (Å²) < 4.78 is 23.0. The van der Waals surface area contributed by atoms with Crippen molar-refractivity contribution >= 4 is 71.0 Å². The maximum Gasteiger partial charge on any atom is 2.00 e. The number of ether oxygens (including phenoxy) is 4. The number of aliphatic imine (C=N–C) groups is 4. The second-order valence-electron chi connectivity index (χ2n) is 31.7. The van der Waals surface area contributed by atoms with Crippen molar-refractivity contribution in [2.45, 2.75) is 358 Å². The summed E-state index contributed by atoms with van der Waals surface area (Å²) in [7, 11) is 0. The van der Waals surface area contributed by atoms with Gasteiger partial charge in [0.1, 0.15) is 0 Å². The number of carbonyl (C=O) groups is 4. The average molecular weight is 1630 g/mol. The zero-order valence-corrected chi connectivity index (χ0v) is 79.2. The Morgan fingerprint density at radius 1 is 0.304 bits per heavy atom. The van der Waals surface area contributed by atoms with Crippen molar-refractivity contribution in [3.63, 3.8) is 0 Å².